The quantitative estimate of drug-likeness (QED) is 0.720. The zero-order chi connectivity index (χ0) is 20.2. The van der Waals surface area contributed by atoms with Crippen LogP contribution in [0.4, 0.5) is 0 Å². The van der Waals surface area contributed by atoms with Crippen LogP contribution in [0.25, 0.3) is 0 Å². The first-order chi connectivity index (χ1) is 12.5. The third-order valence-electron chi connectivity index (χ3n) is 3.70. The van der Waals surface area contributed by atoms with Gasteiger partial charge in [0.2, 0.25) is 15.9 Å². The molecule has 0 atom stereocenters. The predicted octanol–water partition coefficient (Wildman–Crippen LogP) is 1.68. The van der Waals surface area contributed by atoms with Gasteiger partial charge in [-0.1, -0.05) is 29.8 Å². The summed E-state index contributed by atoms with van der Waals surface area (Å²) in [5, 5.41) is 2.85. The Kier molecular flexibility index (Phi) is 6.63. The molecule has 0 aliphatic rings. The lowest BCUT2D eigenvalue weighted by Gasteiger charge is -2.15. The van der Waals surface area contributed by atoms with Crippen LogP contribution < -0.4 is 5.32 Å². The molecule has 0 saturated carbocycles. The van der Waals surface area contributed by atoms with Crippen molar-refractivity contribution in [1.82, 2.24) is 9.62 Å². The molecule has 10 heteroatoms. The van der Waals surface area contributed by atoms with Crippen LogP contribution in [0.5, 0.6) is 0 Å². The standard InChI is InChI=1S/C17H19ClN2O5S2/c1-20(2)27(24,25)16-6-4-3-5-13(16)11-19-17(21)12-26(22,23)15-9-7-14(18)8-10-15/h3-10H,11-12H2,1-2H3,(H,19,21). The third kappa shape index (κ3) is 5.29. The van der Waals surface area contributed by atoms with Crippen molar-refractivity contribution in [3.8, 4) is 0 Å². The lowest BCUT2D eigenvalue weighted by molar-refractivity contribution is -0.118. The number of carbonyl (C=O) groups is 1. The minimum absolute atomic E-state index is 0.0161. The molecule has 7 nitrogen and oxygen atoms in total. The molecule has 0 aliphatic heterocycles. The van der Waals surface area contributed by atoms with Gasteiger partial charge in [-0.05, 0) is 35.9 Å². The summed E-state index contributed by atoms with van der Waals surface area (Å²) in [5.74, 6) is -1.49. The molecule has 0 aliphatic carbocycles. The first-order valence-corrected chi connectivity index (χ1v) is 11.3. The maximum atomic E-state index is 12.3. The van der Waals surface area contributed by atoms with E-state index >= 15 is 0 Å². The molecule has 0 spiro atoms. The van der Waals surface area contributed by atoms with Crippen molar-refractivity contribution in [2.75, 3.05) is 19.8 Å². The van der Waals surface area contributed by atoms with Crippen LogP contribution in [-0.2, 0) is 31.2 Å². The Morgan fingerprint density at radius 1 is 1.00 bits per heavy atom. The van der Waals surface area contributed by atoms with Crippen LogP contribution in [0.2, 0.25) is 5.02 Å². The highest BCUT2D eigenvalue weighted by Crippen LogP contribution is 2.19. The number of sulfonamides is 1. The first kappa shape index (κ1) is 21.4. The Labute approximate surface area is 163 Å². The van der Waals surface area contributed by atoms with E-state index in [0.717, 1.165) is 4.31 Å². The number of nitrogens with one attached hydrogen (secondary N) is 1. The number of hydrogen-bond donors (Lipinski definition) is 1. The molecule has 1 amide bonds. The summed E-state index contributed by atoms with van der Waals surface area (Å²) in [6.07, 6.45) is 0. The lowest BCUT2D eigenvalue weighted by Crippen LogP contribution is -2.31. The summed E-state index contributed by atoms with van der Waals surface area (Å²) in [6.45, 7) is -0.113. The molecule has 0 unspecified atom stereocenters. The van der Waals surface area contributed by atoms with Gasteiger partial charge in [0.05, 0.1) is 9.79 Å². The molecule has 0 bridgehead atoms. The van der Waals surface area contributed by atoms with Gasteiger partial charge < -0.3 is 5.32 Å². The van der Waals surface area contributed by atoms with Crippen LogP contribution in [0.3, 0.4) is 0 Å². The lowest BCUT2D eigenvalue weighted by atomic mass is 10.2. The van der Waals surface area contributed by atoms with Crippen molar-refractivity contribution in [3.05, 3.63) is 59.1 Å². The normalized spacial score (nSPS) is 12.1. The fourth-order valence-electron chi connectivity index (χ4n) is 2.24. The Morgan fingerprint density at radius 3 is 2.19 bits per heavy atom. The molecular weight excluding hydrogens is 412 g/mol. The van der Waals surface area contributed by atoms with E-state index in [2.05, 4.69) is 5.32 Å². The monoisotopic (exact) mass is 430 g/mol. The van der Waals surface area contributed by atoms with E-state index in [-0.39, 0.29) is 16.3 Å². The molecule has 0 radical (unpaired) electrons. The average Bonchev–Trinajstić information content (AvgIpc) is 2.60. The summed E-state index contributed by atoms with van der Waals surface area (Å²) in [4.78, 5) is 12.1. The SMILES string of the molecule is CN(C)S(=O)(=O)c1ccccc1CNC(=O)CS(=O)(=O)c1ccc(Cl)cc1. The number of benzene rings is 2. The molecule has 2 rings (SSSR count). The van der Waals surface area contributed by atoms with E-state index in [1.54, 1.807) is 18.2 Å². The van der Waals surface area contributed by atoms with Crippen LogP contribution in [0.15, 0.2) is 58.3 Å². The van der Waals surface area contributed by atoms with Gasteiger partial charge in [0.1, 0.15) is 5.75 Å². The van der Waals surface area contributed by atoms with Crippen LogP contribution in [0, 0.1) is 0 Å². The maximum absolute atomic E-state index is 12.3. The minimum atomic E-state index is -3.83. The van der Waals surface area contributed by atoms with Crippen LogP contribution >= 0.6 is 11.6 Å². The zero-order valence-electron chi connectivity index (χ0n) is 14.7. The smallest absolute Gasteiger partial charge is 0.242 e. The minimum Gasteiger partial charge on any atom is -0.351 e. The predicted molar refractivity (Wildman–Crippen MR) is 103 cm³/mol. The molecule has 27 heavy (non-hydrogen) atoms. The molecule has 0 fully saturated rings. The Balaban J connectivity index is 2.12. The van der Waals surface area contributed by atoms with E-state index in [4.69, 9.17) is 11.6 Å². The van der Waals surface area contributed by atoms with Gasteiger partial charge in [-0.2, -0.15) is 0 Å². The van der Waals surface area contributed by atoms with Crippen molar-refractivity contribution in [2.45, 2.75) is 16.3 Å². The highest BCUT2D eigenvalue weighted by Gasteiger charge is 2.22. The molecule has 0 saturated heterocycles. The molecule has 0 heterocycles. The van der Waals surface area contributed by atoms with Gasteiger partial charge in [-0.3, -0.25) is 4.79 Å². The topological polar surface area (TPSA) is 101 Å². The van der Waals surface area contributed by atoms with E-state index in [1.165, 1.54) is 44.4 Å². The van der Waals surface area contributed by atoms with Gasteiger partial charge in [0, 0.05) is 25.7 Å². The van der Waals surface area contributed by atoms with E-state index in [9.17, 15) is 21.6 Å². The largest absolute Gasteiger partial charge is 0.351 e. The summed E-state index contributed by atoms with van der Waals surface area (Å²) in [5.41, 5.74) is 0.364. The van der Waals surface area contributed by atoms with Gasteiger partial charge in [-0.25, -0.2) is 21.1 Å². The average molecular weight is 431 g/mol. The van der Waals surface area contributed by atoms with Gasteiger partial charge in [-0.15, -0.1) is 0 Å². The highest BCUT2D eigenvalue weighted by atomic mass is 35.5. The number of sulfone groups is 1. The summed E-state index contributed by atoms with van der Waals surface area (Å²) in [7, 11) is -4.70. The molecule has 146 valence electrons. The second-order valence-electron chi connectivity index (χ2n) is 5.88. The number of nitrogens with zero attached hydrogens (tertiary/aromatic N) is 1. The zero-order valence-corrected chi connectivity index (χ0v) is 17.1. The van der Waals surface area contributed by atoms with Crippen molar-refractivity contribution >= 4 is 37.4 Å². The van der Waals surface area contributed by atoms with Gasteiger partial charge in [0.25, 0.3) is 0 Å². The fraction of sp³-hybridized carbons (Fsp3) is 0.235. The van der Waals surface area contributed by atoms with Crippen molar-refractivity contribution < 1.29 is 21.6 Å². The summed E-state index contributed by atoms with van der Waals surface area (Å²) >= 11 is 5.73. The van der Waals surface area contributed by atoms with Crippen LogP contribution in [-0.4, -0.2) is 46.9 Å². The Bertz CT molecular complexity index is 1030. The van der Waals surface area contributed by atoms with Crippen molar-refractivity contribution in [3.63, 3.8) is 0 Å². The van der Waals surface area contributed by atoms with E-state index < -0.39 is 31.5 Å². The first-order valence-electron chi connectivity index (χ1n) is 7.79. The summed E-state index contributed by atoms with van der Waals surface area (Å²) < 4.78 is 50.3. The third-order valence-corrected chi connectivity index (χ3v) is 7.50. The number of rotatable bonds is 7. The maximum Gasteiger partial charge on any atom is 0.242 e. The highest BCUT2D eigenvalue weighted by molar-refractivity contribution is 7.92. The fourth-order valence-corrected chi connectivity index (χ4v) is 4.65. The molecule has 2 aromatic carbocycles. The molecular formula is C17H19ClN2O5S2. The number of hydrogen-bond acceptors (Lipinski definition) is 5. The number of halogens is 1. The Hall–Kier alpha value is -1.94. The van der Waals surface area contributed by atoms with E-state index in [0.29, 0.717) is 10.6 Å². The summed E-state index contributed by atoms with van der Waals surface area (Å²) in [6, 6.07) is 11.7. The molecule has 1 N–H and O–H groups in total. The van der Waals surface area contributed by atoms with Crippen molar-refractivity contribution in [2.24, 2.45) is 0 Å². The Morgan fingerprint density at radius 2 is 1.59 bits per heavy atom. The number of amides is 1. The van der Waals surface area contributed by atoms with Gasteiger partial charge in [0.15, 0.2) is 9.84 Å². The van der Waals surface area contributed by atoms with E-state index in [1.807, 2.05) is 0 Å². The number of carbonyl (C=O) groups excluding carboxylic acids is 1. The molecule has 2 aromatic rings. The molecule has 0 aromatic heterocycles. The second-order valence-corrected chi connectivity index (χ2v) is 10.4. The van der Waals surface area contributed by atoms with Gasteiger partial charge >= 0.3 is 0 Å². The van der Waals surface area contributed by atoms with Crippen molar-refractivity contribution in [1.29, 1.82) is 0 Å². The van der Waals surface area contributed by atoms with Crippen LogP contribution in [0.1, 0.15) is 5.56 Å². The second kappa shape index (κ2) is 8.39.